The molecule has 0 bridgehead atoms. The van der Waals surface area contributed by atoms with Gasteiger partial charge in [0.15, 0.2) is 5.75 Å². The molecule has 0 saturated carbocycles. The Balaban J connectivity index is 1.21. The van der Waals surface area contributed by atoms with Crippen molar-refractivity contribution in [2.24, 2.45) is 20.5 Å². The van der Waals surface area contributed by atoms with Gasteiger partial charge in [0.1, 0.15) is 21.9 Å². The minimum absolute atomic E-state index is 0.269. The number of carboxylic acid groups (broad SMARTS) is 1. The molecule has 12 nitrogen and oxygen atoms in total. The van der Waals surface area contributed by atoms with Crippen LogP contribution in [0.15, 0.2) is 147 Å². The molecule has 0 heterocycles. The number of fused-ring (bicyclic) bond motifs is 1. The number of azo groups is 2. The first-order chi connectivity index (χ1) is 23.0. The quantitative estimate of drug-likeness (QED) is 0.0747. The molecule has 0 aliphatic rings. The number of anilines is 2. The summed E-state index contributed by atoms with van der Waals surface area (Å²) in [6.07, 6.45) is 0. The number of para-hydroxylation sites is 1. The average Bonchev–Trinajstić information content (AvgIpc) is 3.08. The highest BCUT2D eigenvalue weighted by atomic mass is 32.2. The van der Waals surface area contributed by atoms with Gasteiger partial charge in [0.25, 0.3) is 10.1 Å². The summed E-state index contributed by atoms with van der Waals surface area (Å²) in [7, 11) is -4.78. The number of nitrogens with one attached hydrogen (secondary N) is 1. The SMILES string of the molecule is O=C(O)c1cc(N=Nc2ccc(-c3ccc(N=Nc4c(S(=O)(=O)O)cc5cc(Nc6ccccc6)ccc5c4O)cc3)cc2)ccc1O. The number of aromatic hydroxyl groups is 2. The third kappa shape index (κ3) is 7.02. The molecule has 0 amide bonds. The first-order valence-electron chi connectivity index (χ1n) is 14.2. The molecular weight excluding hydrogens is 634 g/mol. The first kappa shape index (κ1) is 31.5. The summed E-state index contributed by atoms with van der Waals surface area (Å²) in [5.74, 6) is -2.08. The first-order valence-corrected chi connectivity index (χ1v) is 15.7. The second-order valence-corrected chi connectivity index (χ2v) is 11.9. The molecular formula is C35H25N5O7S. The molecule has 0 aliphatic carbocycles. The monoisotopic (exact) mass is 659 g/mol. The normalized spacial score (nSPS) is 11.8. The van der Waals surface area contributed by atoms with Crippen molar-refractivity contribution < 1.29 is 33.1 Å². The van der Waals surface area contributed by atoms with Crippen LogP contribution in [0.1, 0.15) is 10.4 Å². The van der Waals surface area contributed by atoms with Crippen LogP contribution in [0.2, 0.25) is 0 Å². The maximum absolute atomic E-state index is 12.3. The van der Waals surface area contributed by atoms with Crippen LogP contribution in [0.3, 0.4) is 0 Å². The van der Waals surface area contributed by atoms with Gasteiger partial charge in [-0.15, -0.1) is 5.11 Å². The Morgan fingerprint density at radius 3 is 1.81 bits per heavy atom. The molecule has 0 unspecified atom stereocenters. The van der Waals surface area contributed by atoms with Crippen molar-refractivity contribution in [1.82, 2.24) is 0 Å². The van der Waals surface area contributed by atoms with Gasteiger partial charge in [0.05, 0.1) is 17.1 Å². The molecule has 238 valence electrons. The zero-order valence-electron chi connectivity index (χ0n) is 24.8. The van der Waals surface area contributed by atoms with Crippen LogP contribution in [-0.2, 0) is 10.1 Å². The molecule has 0 aromatic heterocycles. The van der Waals surface area contributed by atoms with Crippen molar-refractivity contribution in [2.45, 2.75) is 4.90 Å². The van der Waals surface area contributed by atoms with E-state index in [0.29, 0.717) is 27.8 Å². The Bertz CT molecular complexity index is 2330. The molecule has 0 atom stereocenters. The smallest absolute Gasteiger partial charge is 0.339 e. The van der Waals surface area contributed by atoms with E-state index < -0.39 is 32.4 Å². The number of nitrogens with zero attached hydrogens (tertiary/aromatic N) is 4. The summed E-state index contributed by atoms with van der Waals surface area (Å²) < 4.78 is 34.6. The number of phenolic OH excluding ortho intramolecular Hbond substituents is 1. The molecule has 5 N–H and O–H groups in total. The van der Waals surface area contributed by atoms with Crippen molar-refractivity contribution in [1.29, 1.82) is 0 Å². The zero-order valence-corrected chi connectivity index (χ0v) is 25.6. The third-order valence-corrected chi connectivity index (χ3v) is 8.08. The number of carbonyl (C=O) groups is 1. The highest BCUT2D eigenvalue weighted by molar-refractivity contribution is 7.86. The second kappa shape index (κ2) is 13.1. The highest BCUT2D eigenvalue weighted by Gasteiger charge is 2.22. The Morgan fingerprint density at radius 1 is 0.625 bits per heavy atom. The summed E-state index contributed by atoms with van der Waals surface area (Å²) >= 11 is 0. The number of phenols is 2. The van der Waals surface area contributed by atoms with Crippen molar-refractivity contribution >= 4 is 61.0 Å². The van der Waals surface area contributed by atoms with Crippen LogP contribution < -0.4 is 5.32 Å². The molecule has 6 aromatic rings. The van der Waals surface area contributed by atoms with E-state index in [0.717, 1.165) is 16.8 Å². The van der Waals surface area contributed by atoms with E-state index in [9.17, 15) is 28.0 Å². The molecule has 0 aliphatic heterocycles. The highest BCUT2D eigenvalue weighted by Crippen LogP contribution is 2.42. The van der Waals surface area contributed by atoms with Gasteiger partial charge in [-0.3, -0.25) is 4.55 Å². The predicted octanol–water partition coefficient (Wildman–Crippen LogP) is 9.44. The van der Waals surface area contributed by atoms with E-state index in [2.05, 4.69) is 25.8 Å². The maximum atomic E-state index is 12.3. The fraction of sp³-hybridized carbons (Fsp3) is 0. The number of carboxylic acids is 1. The number of rotatable bonds is 9. The molecule has 13 heteroatoms. The van der Waals surface area contributed by atoms with Crippen LogP contribution in [0.25, 0.3) is 21.9 Å². The van der Waals surface area contributed by atoms with E-state index in [1.165, 1.54) is 24.3 Å². The number of aromatic carboxylic acids is 1. The summed E-state index contributed by atoms with van der Waals surface area (Å²) in [4.78, 5) is 10.6. The lowest BCUT2D eigenvalue weighted by Gasteiger charge is -2.11. The molecule has 0 saturated heterocycles. The Labute approximate surface area is 273 Å². The summed E-state index contributed by atoms with van der Waals surface area (Å²) in [5, 5.41) is 50.0. The minimum Gasteiger partial charge on any atom is -0.507 e. The fourth-order valence-electron chi connectivity index (χ4n) is 4.83. The van der Waals surface area contributed by atoms with E-state index in [1.807, 2.05) is 42.5 Å². The molecule has 6 rings (SSSR count). The maximum Gasteiger partial charge on any atom is 0.339 e. The molecule has 6 aromatic carbocycles. The standard InChI is InChI=1S/C35H25N5O7S/c41-31-17-15-28(20-30(31)35(43)44)39-37-25-10-6-21(7-11-25)22-8-12-26(13-9-22)38-40-33-32(48(45,46)47)19-23-18-27(14-16-29(23)34(33)42)36-24-4-2-1-3-5-24/h1-20,36,41-42H,(H,43,44)(H,45,46,47). The van der Waals surface area contributed by atoms with Gasteiger partial charge in [-0.25, -0.2) is 4.79 Å². The van der Waals surface area contributed by atoms with Crippen LogP contribution in [-0.4, -0.2) is 34.3 Å². The van der Waals surface area contributed by atoms with Gasteiger partial charge in [-0.2, -0.15) is 23.8 Å². The van der Waals surface area contributed by atoms with Crippen LogP contribution >= 0.6 is 0 Å². The van der Waals surface area contributed by atoms with Gasteiger partial charge in [0, 0.05) is 16.8 Å². The van der Waals surface area contributed by atoms with Crippen LogP contribution in [0.4, 0.5) is 34.1 Å². The Morgan fingerprint density at radius 2 is 1.21 bits per heavy atom. The number of benzene rings is 6. The topological polar surface area (TPSA) is 194 Å². The lowest BCUT2D eigenvalue weighted by atomic mass is 10.1. The van der Waals surface area contributed by atoms with Gasteiger partial charge >= 0.3 is 5.97 Å². The average molecular weight is 660 g/mol. The minimum atomic E-state index is -4.78. The Kier molecular flexibility index (Phi) is 8.62. The molecule has 48 heavy (non-hydrogen) atoms. The molecule has 0 fully saturated rings. The number of hydrogen-bond acceptors (Lipinski definition) is 10. The molecule has 0 radical (unpaired) electrons. The zero-order chi connectivity index (χ0) is 33.8. The second-order valence-electron chi connectivity index (χ2n) is 10.5. The lowest BCUT2D eigenvalue weighted by Crippen LogP contribution is -1.99. The van der Waals surface area contributed by atoms with E-state index >= 15 is 0 Å². The summed E-state index contributed by atoms with van der Waals surface area (Å²) in [6.45, 7) is 0. The van der Waals surface area contributed by atoms with Crippen LogP contribution in [0.5, 0.6) is 11.5 Å². The van der Waals surface area contributed by atoms with Gasteiger partial charge in [-0.1, -0.05) is 42.5 Å². The largest absolute Gasteiger partial charge is 0.507 e. The van der Waals surface area contributed by atoms with Crippen LogP contribution in [0, 0.1) is 0 Å². The lowest BCUT2D eigenvalue weighted by molar-refractivity contribution is 0.0693. The van der Waals surface area contributed by atoms with Crippen molar-refractivity contribution in [3.05, 3.63) is 127 Å². The fourth-order valence-corrected chi connectivity index (χ4v) is 5.49. The molecule has 0 spiro atoms. The van der Waals surface area contributed by atoms with Gasteiger partial charge in [0.2, 0.25) is 0 Å². The van der Waals surface area contributed by atoms with E-state index in [4.69, 9.17) is 5.11 Å². The van der Waals surface area contributed by atoms with Crippen molar-refractivity contribution in [2.75, 3.05) is 5.32 Å². The summed E-state index contributed by atoms with van der Waals surface area (Å²) in [5.41, 5.74) is 3.61. The van der Waals surface area contributed by atoms with Crippen molar-refractivity contribution in [3.8, 4) is 22.6 Å². The van der Waals surface area contributed by atoms with E-state index in [-0.39, 0.29) is 17.0 Å². The van der Waals surface area contributed by atoms with Crippen molar-refractivity contribution in [3.63, 3.8) is 0 Å². The van der Waals surface area contributed by atoms with E-state index in [1.54, 1.807) is 54.6 Å². The summed E-state index contributed by atoms with van der Waals surface area (Å²) in [6, 6.07) is 33.4. The van der Waals surface area contributed by atoms with Gasteiger partial charge in [-0.05, 0) is 95.4 Å². The number of hydrogen-bond donors (Lipinski definition) is 5. The van der Waals surface area contributed by atoms with Gasteiger partial charge < -0.3 is 20.6 Å². The predicted molar refractivity (Wildman–Crippen MR) is 180 cm³/mol. The Hall–Kier alpha value is -6.44. The third-order valence-electron chi connectivity index (χ3n) is 7.22.